The number of carbonyl (C=O) groups is 1. The van der Waals surface area contributed by atoms with Crippen LogP contribution in [0.1, 0.15) is 42.5 Å². The lowest BCUT2D eigenvalue weighted by Crippen LogP contribution is -2.38. The Bertz CT molecular complexity index is 938. The minimum absolute atomic E-state index is 0.0984. The molecule has 1 aliphatic heterocycles. The third-order valence-electron chi connectivity index (χ3n) is 6.33. The Labute approximate surface area is 218 Å². The minimum Gasteiger partial charge on any atom is -0.378 e. The molecular formula is C26H39N7O4. The van der Waals surface area contributed by atoms with Crippen molar-refractivity contribution in [2.45, 2.75) is 38.1 Å². The third kappa shape index (κ3) is 9.42. The summed E-state index contributed by atoms with van der Waals surface area (Å²) in [7, 11) is 0. The molecule has 0 radical (unpaired) electrons. The number of carbonyl (C=O) groups excluding carboxylic acids is 1. The smallest absolute Gasteiger partial charge is 0.251 e. The Morgan fingerprint density at radius 2 is 1.59 bits per heavy atom. The first-order valence-electron chi connectivity index (χ1n) is 13.4. The Balaban J connectivity index is 1.13. The highest BCUT2D eigenvalue weighted by Gasteiger charge is 2.19. The number of benzene rings is 1. The van der Waals surface area contributed by atoms with Crippen molar-refractivity contribution in [2.24, 2.45) is 0 Å². The molecule has 0 unspecified atom stereocenters. The number of rotatable bonds is 14. The van der Waals surface area contributed by atoms with E-state index in [4.69, 9.17) is 19.2 Å². The SMILES string of the molecule is O=C(NCCOCCOCCNc1nc(NC2CCCCC2)nc(N2CCOCC2)n1)c1ccccc1. The van der Waals surface area contributed by atoms with Gasteiger partial charge >= 0.3 is 0 Å². The Kier molecular flexibility index (Phi) is 11.2. The number of aromatic nitrogens is 3. The molecule has 4 rings (SSSR count). The van der Waals surface area contributed by atoms with E-state index < -0.39 is 0 Å². The number of nitrogens with one attached hydrogen (secondary N) is 3. The lowest BCUT2D eigenvalue weighted by Gasteiger charge is -2.28. The molecule has 202 valence electrons. The summed E-state index contributed by atoms with van der Waals surface area (Å²) in [5.41, 5.74) is 0.644. The molecule has 0 atom stereocenters. The number of nitrogens with zero attached hydrogens (tertiary/aromatic N) is 4. The van der Waals surface area contributed by atoms with Crippen LogP contribution in [0.5, 0.6) is 0 Å². The van der Waals surface area contributed by atoms with E-state index in [9.17, 15) is 4.79 Å². The summed E-state index contributed by atoms with van der Waals surface area (Å²) in [4.78, 5) is 28.1. The summed E-state index contributed by atoms with van der Waals surface area (Å²) in [5, 5.41) is 9.62. The van der Waals surface area contributed by atoms with E-state index in [1.807, 2.05) is 18.2 Å². The molecule has 37 heavy (non-hydrogen) atoms. The summed E-state index contributed by atoms with van der Waals surface area (Å²) in [6, 6.07) is 9.55. The largest absolute Gasteiger partial charge is 0.378 e. The Hall–Kier alpha value is -3.02. The lowest BCUT2D eigenvalue weighted by molar-refractivity contribution is 0.0519. The monoisotopic (exact) mass is 513 g/mol. The fraction of sp³-hybridized carbons (Fsp3) is 0.615. The molecule has 1 saturated carbocycles. The topological polar surface area (TPSA) is 123 Å². The van der Waals surface area contributed by atoms with Crippen molar-refractivity contribution in [1.82, 2.24) is 20.3 Å². The van der Waals surface area contributed by atoms with Crippen molar-refractivity contribution in [3.63, 3.8) is 0 Å². The normalized spacial score (nSPS) is 16.4. The molecule has 1 aromatic carbocycles. The summed E-state index contributed by atoms with van der Waals surface area (Å²) in [6.07, 6.45) is 6.09. The van der Waals surface area contributed by atoms with Gasteiger partial charge in [0.1, 0.15) is 0 Å². The molecule has 1 aliphatic carbocycles. The summed E-state index contributed by atoms with van der Waals surface area (Å²) in [5.74, 6) is 1.75. The maximum Gasteiger partial charge on any atom is 0.251 e. The number of amides is 1. The van der Waals surface area contributed by atoms with E-state index in [1.54, 1.807) is 12.1 Å². The van der Waals surface area contributed by atoms with Crippen LogP contribution in [0.25, 0.3) is 0 Å². The van der Waals surface area contributed by atoms with Gasteiger partial charge < -0.3 is 35.1 Å². The van der Waals surface area contributed by atoms with Gasteiger partial charge in [0.25, 0.3) is 5.91 Å². The zero-order valence-electron chi connectivity index (χ0n) is 21.5. The molecule has 1 saturated heterocycles. The minimum atomic E-state index is -0.0984. The first-order valence-corrected chi connectivity index (χ1v) is 13.4. The van der Waals surface area contributed by atoms with Gasteiger partial charge in [0.15, 0.2) is 0 Å². The highest BCUT2D eigenvalue weighted by atomic mass is 16.5. The molecule has 1 aromatic heterocycles. The molecule has 0 spiro atoms. The molecule has 3 N–H and O–H groups in total. The molecule has 11 nitrogen and oxygen atoms in total. The first-order chi connectivity index (χ1) is 18.3. The van der Waals surface area contributed by atoms with E-state index in [1.165, 1.54) is 19.3 Å². The van der Waals surface area contributed by atoms with Crippen molar-refractivity contribution >= 4 is 23.8 Å². The van der Waals surface area contributed by atoms with Crippen LogP contribution < -0.4 is 20.9 Å². The second-order valence-corrected chi connectivity index (χ2v) is 9.13. The van der Waals surface area contributed by atoms with Gasteiger partial charge in [-0.15, -0.1) is 0 Å². The zero-order valence-corrected chi connectivity index (χ0v) is 21.5. The average Bonchev–Trinajstić information content (AvgIpc) is 2.95. The zero-order chi connectivity index (χ0) is 25.5. The van der Waals surface area contributed by atoms with E-state index in [0.717, 1.165) is 25.9 Å². The number of anilines is 3. The van der Waals surface area contributed by atoms with E-state index in [2.05, 4.69) is 30.8 Å². The molecule has 11 heteroatoms. The van der Waals surface area contributed by atoms with Crippen LogP contribution in [-0.4, -0.2) is 92.7 Å². The lowest BCUT2D eigenvalue weighted by atomic mass is 9.96. The molecule has 0 bridgehead atoms. The molecule has 2 fully saturated rings. The molecule has 2 aliphatic rings. The highest BCUT2D eigenvalue weighted by Crippen LogP contribution is 2.22. The van der Waals surface area contributed by atoms with Crippen LogP contribution in [0.2, 0.25) is 0 Å². The predicted molar refractivity (Wildman–Crippen MR) is 142 cm³/mol. The average molecular weight is 514 g/mol. The maximum absolute atomic E-state index is 12.0. The number of hydrogen-bond donors (Lipinski definition) is 3. The number of morpholine rings is 1. The molecular weight excluding hydrogens is 474 g/mol. The molecule has 2 heterocycles. The van der Waals surface area contributed by atoms with Crippen molar-refractivity contribution in [3.05, 3.63) is 35.9 Å². The Morgan fingerprint density at radius 3 is 2.35 bits per heavy atom. The van der Waals surface area contributed by atoms with Gasteiger partial charge in [0.2, 0.25) is 17.8 Å². The van der Waals surface area contributed by atoms with Gasteiger partial charge in [-0.1, -0.05) is 37.5 Å². The van der Waals surface area contributed by atoms with E-state index >= 15 is 0 Å². The van der Waals surface area contributed by atoms with Crippen LogP contribution in [0, 0.1) is 0 Å². The maximum atomic E-state index is 12.0. The summed E-state index contributed by atoms with van der Waals surface area (Å²) < 4.78 is 16.7. The number of hydrogen-bond acceptors (Lipinski definition) is 10. The van der Waals surface area contributed by atoms with Crippen LogP contribution >= 0.6 is 0 Å². The van der Waals surface area contributed by atoms with Crippen LogP contribution in [-0.2, 0) is 14.2 Å². The second-order valence-electron chi connectivity index (χ2n) is 9.13. The standard InChI is InChI=1S/C26H39N7O4/c34-23(21-7-3-1-4-8-21)27-11-15-35-19-20-36-16-12-28-24-30-25(29-22-9-5-2-6-10-22)32-26(31-24)33-13-17-37-18-14-33/h1,3-4,7-8,22H,2,5-6,9-20H2,(H,27,34)(H2,28,29,30,31,32). The third-order valence-corrected chi connectivity index (χ3v) is 6.33. The van der Waals surface area contributed by atoms with Gasteiger partial charge in [-0.25, -0.2) is 0 Å². The summed E-state index contributed by atoms with van der Waals surface area (Å²) >= 11 is 0. The van der Waals surface area contributed by atoms with Crippen molar-refractivity contribution in [1.29, 1.82) is 0 Å². The van der Waals surface area contributed by atoms with Crippen molar-refractivity contribution < 1.29 is 19.0 Å². The number of ether oxygens (including phenoxy) is 3. The predicted octanol–water partition coefficient (Wildman–Crippen LogP) is 2.33. The van der Waals surface area contributed by atoms with Gasteiger partial charge in [-0.05, 0) is 25.0 Å². The van der Waals surface area contributed by atoms with Crippen LogP contribution in [0.3, 0.4) is 0 Å². The fourth-order valence-electron chi connectivity index (χ4n) is 4.33. The molecule has 1 amide bonds. The fourth-order valence-corrected chi connectivity index (χ4v) is 4.33. The van der Waals surface area contributed by atoms with Gasteiger partial charge in [0.05, 0.1) is 39.6 Å². The first kappa shape index (κ1) is 27.0. The van der Waals surface area contributed by atoms with Crippen LogP contribution in [0.15, 0.2) is 30.3 Å². The van der Waals surface area contributed by atoms with Gasteiger partial charge in [-0.3, -0.25) is 4.79 Å². The van der Waals surface area contributed by atoms with E-state index in [0.29, 0.717) is 82.2 Å². The van der Waals surface area contributed by atoms with Gasteiger partial charge in [-0.2, -0.15) is 15.0 Å². The Morgan fingerprint density at radius 1 is 0.892 bits per heavy atom. The summed E-state index contributed by atoms with van der Waals surface area (Å²) in [6.45, 7) is 5.79. The molecule has 2 aromatic rings. The van der Waals surface area contributed by atoms with Crippen molar-refractivity contribution in [2.75, 3.05) is 81.4 Å². The van der Waals surface area contributed by atoms with Gasteiger partial charge in [0, 0.05) is 37.8 Å². The van der Waals surface area contributed by atoms with Crippen molar-refractivity contribution in [3.8, 4) is 0 Å². The quantitative estimate of drug-likeness (QED) is 0.324. The van der Waals surface area contributed by atoms with Crippen LogP contribution in [0.4, 0.5) is 17.8 Å². The second kappa shape index (κ2) is 15.3. The highest BCUT2D eigenvalue weighted by molar-refractivity contribution is 5.94. The van der Waals surface area contributed by atoms with E-state index in [-0.39, 0.29) is 5.91 Å².